The SMILES string of the molecule is CN(C)CCN1CCN(C[B-](F)(F)F)CC1. The van der Waals surface area contributed by atoms with Crippen molar-refractivity contribution >= 4 is 6.98 Å². The highest BCUT2D eigenvalue weighted by molar-refractivity contribution is 6.58. The van der Waals surface area contributed by atoms with E-state index in [9.17, 15) is 12.9 Å². The molecule has 1 heterocycles. The maximum Gasteiger partial charge on any atom is 0.492 e. The lowest BCUT2D eigenvalue weighted by Gasteiger charge is -2.37. The van der Waals surface area contributed by atoms with Gasteiger partial charge < -0.3 is 22.7 Å². The molecule has 0 aromatic carbocycles. The van der Waals surface area contributed by atoms with Crippen LogP contribution in [-0.2, 0) is 0 Å². The Labute approximate surface area is 95.2 Å². The molecule has 3 nitrogen and oxygen atoms in total. The van der Waals surface area contributed by atoms with Crippen LogP contribution in [0.3, 0.4) is 0 Å². The van der Waals surface area contributed by atoms with E-state index >= 15 is 0 Å². The summed E-state index contributed by atoms with van der Waals surface area (Å²) < 4.78 is 36.6. The van der Waals surface area contributed by atoms with E-state index in [4.69, 9.17) is 0 Å². The molecule has 0 aromatic heterocycles. The zero-order valence-corrected chi connectivity index (χ0v) is 10.0. The Kier molecular flexibility index (Phi) is 5.07. The lowest BCUT2D eigenvalue weighted by molar-refractivity contribution is 0.131. The average Bonchev–Trinajstić information content (AvgIpc) is 2.14. The van der Waals surface area contributed by atoms with E-state index < -0.39 is 13.4 Å². The Balaban J connectivity index is 2.18. The maximum atomic E-state index is 12.2. The van der Waals surface area contributed by atoms with Crippen molar-refractivity contribution in [2.24, 2.45) is 0 Å². The zero-order valence-electron chi connectivity index (χ0n) is 10.0. The largest absolute Gasteiger partial charge is 0.492 e. The van der Waals surface area contributed by atoms with Gasteiger partial charge >= 0.3 is 6.98 Å². The van der Waals surface area contributed by atoms with E-state index in [1.807, 2.05) is 14.1 Å². The predicted octanol–water partition coefficient (Wildman–Crippen LogP) is 0.552. The Hall–Kier alpha value is -0.265. The van der Waals surface area contributed by atoms with Gasteiger partial charge in [0.1, 0.15) is 0 Å². The minimum Gasteiger partial charge on any atom is -0.448 e. The third kappa shape index (κ3) is 5.72. The highest BCUT2D eigenvalue weighted by atomic mass is 19.4. The molecule has 1 fully saturated rings. The maximum absolute atomic E-state index is 12.2. The van der Waals surface area contributed by atoms with Crippen molar-refractivity contribution in [3.8, 4) is 0 Å². The fourth-order valence-corrected chi connectivity index (χ4v) is 1.83. The normalized spacial score (nSPS) is 20.6. The third-order valence-electron chi connectivity index (χ3n) is 2.79. The molecule has 16 heavy (non-hydrogen) atoms. The van der Waals surface area contributed by atoms with Gasteiger partial charge in [0.05, 0.1) is 0 Å². The lowest BCUT2D eigenvalue weighted by Crippen LogP contribution is -2.51. The summed E-state index contributed by atoms with van der Waals surface area (Å²) in [6, 6.07) is 0. The number of halogens is 3. The first-order valence-electron chi connectivity index (χ1n) is 5.67. The standard InChI is InChI=1S/C9H20BF3N3/c1-14(2)3-4-15-5-7-16(8-6-15)9-10(11,12)13/h3-9H2,1-2H3/q-1. The van der Waals surface area contributed by atoms with E-state index in [-0.39, 0.29) is 0 Å². The molecule has 0 amide bonds. The van der Waals surface area contributed by atoms with Crippen molar-refractivity contribution < 1.29 is 12.9 Å². The van der Waals surface area contributed by atoms with E-state index in [0.717, 1.165) is 26.2 Å². The van der Waals surface area contributed by atoms with Gasteiger partial charge in [-0.25, -0.2) is 0 Å². The van der Waals surface area contributed by atoms with Gasteiger partial charge in [-0.05, 0) is 20.5 Å². The number of hydrogen-bond acceptors (Lipinski definition) is 3. The van der Waals surface area contributed by atoms with Gasteiger partial charge in [-0.2, -0.15) is 0 Å². The summed E-state index contributed by atoms with van der Waals surface area (Å²) in [6.07, 6.45) is -0.707. The summed E-state index contributed by atoms with van der Waals surface area (Å²) in [7, 11) is 4.00. The summed E-state index contributed by atoms with van der Waals surface area (Å²) in [5.41, 5.74) is 0. The minimum atomic E-state index is -4.67. The predicted molar refractivity (Wildman–Crippen MR) is 60.5 cm³/mol. The quantitative estimate of drug-likeness (QED) is 0.648. The van der Waals surface area contributed by atoms with Crippen LogP contribution < -0.4 is 0 Å². The molecule has 0 aromatic rings. The lowest BCUT2D eigenvalue weighted by atomic mass is 9.91. The van der Waals surface area contributed by atoms with Crippen LogP contribution in [0.25, 0.3) is 0 Å². The number of likely N-dealkylation sites (N-methyl/N-ethyl adjacent to an activating group) is 1. The highest BCUT2D eigenvalue weighted by Gasteiger charge is 2.28. The molecule has 0 atom stereocenters. The molecule has 0 aliphatic carbocycles. The smallest absolute Gasteiger partial charge is 0.448 e. The summed E-state index contributed by atoms with van der Waals surface area (Å²) in [6.45, 7) is -0.190. The second-order valence-electron chi connectivity index (χ2n) is 4.66. The molecular weight excluding hydrogens is 218 g/mol. The Morgan fingerprint density at radius 2 is 1.50 bits per heavy atom. The van der Waals surface area contributed by atoms with E-state index in [1.54, 1.807) is 0 Å². The summed E-state index contributed by atoms with van der Waals surface area (Å²) in [4.78, 5) is 5.82. The van der Waals surface area contributed by atoms with Crippen LogP contribution >= 0.6 is 0 Å². The molecule has 96 valence electrons. The molecule has 0 N–H and O–H groups in total. The Bertz CT molecular complexity index is 203. The first-order valence-corrected chi connectivity index (χ1v) is 5.67. The van der Waals surface area contributed by atoms with Gasteiger partial charge in [-0.15, -0.1) is 0 Å². The molecule has 0 spiro atoms. The second-order valence-corrected chi connectivity index (χ2v) is 4.66. The van der Waals surface area contributed by atoms with Gasteiger partial charge in [0.15, 0.2) is 0 Å². The van der Waals surface area contributed by atoms with Crippen molar-refractivity contribution in [2.45, 2.75) is 0 Å². The minimum absolute atomic E-state index is 0.536. The Morgan fingerprint density at radius 3 is 1.94 bits per heavy atom. The number of rotatable bonds is 5. The average molecular weight is 238 g/mol. The molecule has 1 rings (SSSR count). The number of piperazine rings is 1. The van der Waals surface area contributed by atoms with Gasteiger partial charge in [0.25, 0.3) is 0 Å². The van der Waals surface area contributed by atoms with Gasteiger partial charge in [-0.3, -0.25) is 4.90 Å². The summed E-state index contributed by atoms with van der Waals surface area (Å²) in [5, 5.41) is 0. The molecule has 0 unspecified atom stereocenters. The van der Waals surface area contributed by atoms with Crippen molar-refractivity contribution in [1.82, 2.24) is 14.7 Å². The van der Waals surface area contributed by atoms with Crippen molar-refractivity contribution in [1.29, 1.82) is 0 Å². The summed E-state index contributed by atoms with van der Waals surface area (Å²) >= 11 is 0. The first-order chi connectivity index (χ1) is 7.37. The van der Waals surface area contributed by atoms with E-state index in [1.165, 1.54) is 4.90 Å². The molecule has 0 saturated carbocycles. The topological polar surface area (TPSA) is 9.72 Å². The van der Waals surface area contributed by atoms with Crippen LogP contribution in [0, 0.1) is 0 Å². The van der Waals surface area contributed by atoms with Crippen molar-refractivity contribution in [3.63, 3.8) is 0 Å². The summed E-state index contributed by atoms with van der Waals surface area (Å²) in [5.74, 6) is 0. The third-order valence-corrected chi connectivity index (χ3v) is 2.79. The zero-order chi connectivity index (χ0) is 12.2. The van der Waals surface area contributed by atoms with Gasteiger partial charge in [-0.1, -0.05) is 0 Å². The highest BCUT2D eigenvalue weighted by Crippen LogP contribution is 2.12. The number of nitrogens with zero attached hydrogens (tertiary/aromatic N) is 3. The van der Waals surface area contributed by atoms with Crippen LogP contribution in [0.15, 0.2) is 0 Å². The van der Waals surface area contributed by atoms with E-state index in [0.29, 0.717) is 13.1 Å². The van der Waals surface area contributed by atoms with Gasteiger partial charge in [0, 0.05) is 39.3 Å². The molecule has 1 aliphatic rings. The molecule has 0 bridgehead atoms. The Morgan fingerprint density at radius 1 is 1.00 bits per heavy atom. The molecule has 1 saturated heterocycles. The fourth-order valence-electron chi connectivity index (χ4n) is 1.83. The first kappa shape index (κ1) is 13.8. The molecule has 7 heteroatoms. The van der Waals surface area contributed by atoms with E-state index in [2.05, 4.69) is 9.80 Å². The van der Waals surface area contributed by atoms with Gasteiger partial charge in [0.2, 0.25) is 0 Å². The fraction of sp³-hybridized carbons (Fsp3) is 1.00. The van der Waals surface area contributed by atoms with Crippen LogP contribution in [0.1, 0.15) is 0 Å². The number of hydrogen-bond donors (Lipinski definition) is 0. The van der Waals surface area contributed by atoms with Crippen LogP contribution in [-0.4, -0.2) is 81.5 Å². The monoisotopic (exact) mass is 238 g/mol. The van der Waals surface area contributed by atoms with Crippen molar-refractivity contribution in [3.05, 3.63) is 0 Å². The van der Waals surface area contributed by atoms with Crippen molar-refractivity contribution in [2.75, 3.05) is 59.8 Å². The second kappa shape index (κ2) is 5.88. The molecule has 0 radical (unpaired) electrons. The van der Waals surface area contributed by atoms with Crippen LogP contribution in [0.2, 0.25) is 0 Å². The van der Waals surface area contributed by atoms with Crippen LogP contribution in [0.4, 0.5) is 12.9 Å². The molecular formula is C9H20BF3N3-. The van der Waals surface area contributed by atoms with Crippen LogP contribution in [0.5, 0.6) is 0 Å². The molecule has 1 aliphatic heterocycles.